The van der Waals surface area contributed by atoms with Gasteiger partial charge in [-0.15, -0.1) is 0 Å². The Morgan fingerprint density at radius 2 is 2.28 bits per heavy atom. The van der Waals surface area contributed by atoms with Crippen LogP contribution >= 0.6 is 0 Å². The molecule has 0 unspecified atom stereocenters. The Balaban J connectivity index is 1.64. The number of aromatic nitrogens is 1. The molecule has 2 saturated heterocycles. The van der Waals surface area contributed by atoms with Crippen LogP contribution in [0.2, 0.25) is 0 Å². The number of anilines is 1. The van der Waals surface area contributed by atoms with E-state index in [0.717, 1.165) is 25.1 Å². The zero-order valence-electron chi connectivity index (χ0n) is 9.99. The van der Waals surface area contributed by atoms with Gasteiger partial charge >= 0.3 is 6.09 Å². The van der Waals surface area contributed by atoms with Gasteiger partial charge in [-0.05, 0) is 18.1 Å². The molecule has 3 N–H and O–H groups in total. The van der Waals surface area contributed by atoms with E-state index in [2.05, 4.69) is 9.88 Å². The van der Waals surface area contributed by atoms with Gasteiger partial charge in [0.25, 0.3) is 0 Å². The second kappa shape index (κ2) is 4.13. The Bertz CT molecular complexity index is 462. The van der Waals surface area contributed by atoms with Gasteiger partial charge in [0.1, 0.15) is 5.82 Å². The van der Waals surface area contributed by atoms with Crippen LogP contribution in [0.15, 0.2) is 18.3 Å². The van der Waals surface area contributed by atoms with Gasteiger partial charge in [-0.3, -0.25) is 4.90 Å². The molecule has 1 aromatic rings. The molecule has 1 amide bonds. The van der Waals surface area contributed by atoms with Crippen molar-refractivity contribution in [3.63, 3.8) is 0 Å². The Morgan fingerprint density at radius 3 is 2.83 bits per heavy atom. The fourth-order valence-corrected chi connectivity index (χ4v) is 2.94. The van der Waals surface area contributed by atoms with Crippen LogP contribution in [0, 0.1) is 0 Å². The highest BCUT2D eigenvalue weighted by molar-refractivity contribution is 5.66. The summed E-state index contributed by atoms with van der Waals surface area (Å²) in [6.45, 7) is 2.27. The Morgan fingerprint density at radius 1 is 1.44 bits per heavy atom. The van der Waals surface area contributed by atoms with Gasteiger partial charge in [-0.2, -0.15) is 0 Å². The molecule has 6 nitrogen and oxygen atoms in total. The van der Waals surface area contributed by atoms with Crippen LogP contribution in [-0.2, 0) is 6.54 Å². The van der Waals surface area contributed by atoms with Crippen molar-refractivity contribution in [1.29, 1.82) is 0 Å². The third-order valence-electron chi connectivity index (χ3n) is 3.83. The minimum atomic E-state index is -0.795. The maximum absolute atomic E-state index is 11.0. The standard InChI is InChI=1S/C12H16N4O2/c13-11-2-1-8(4-14-11)5-15-6-10-3-9(15)7-16(10)12(17)18/h1-2,4,9-10H,3,5-7H2,(H2,13,14)(H,17,18)/t9-,10-/m0/s1. The highest BCUT2D eigenvalue weighted by Gasteiger charge is 2.45. The normalized spacial score (nSPS) is 26.8. The van der Waals surface area contributed by atoms with Gasteiger partial charge in [-0.1, -0.05) is 6.07 Å². The number of fused-ring (bicyclic) bond motifs is 2. The second-order valence-corrected chi connectivity index (χ2v) is 5.00. The van der Waals surface area contributed by atoms with E-state index in [-0.39, 0.29) is 6.04 Å². The van der Waals surface area contributed by atoms with Crippen LogP contribution < -0.4 is 5.73 Å². The molecule has 2 fully saturated rings. The smallest absolute Gasteiger partial charge is 0.407 e. The number of nitrogens with two attached hydrogens (primary N) is 1. The Labute approximate surface area is 105 Å². The van der Waals surface area contributed by atoms with Gasteiger partial charge in [-0.25, -0.2) is 9.78 Å². The number of rotatable bonds is 2. The summed E-state index contributed by atoms with van der Waals surface area (Å²) >= 11 is 0. The number of nitrogens with zero attached hydrogens (tertiary/aromatic N) is 3. The molecule has 18 heavy (non-hydrogen) atoms. The van der Waals surface area contributed by atoms with E-state index in [1.165, 1.54) is 0 Å². The average molecular weight is 248 g/mol. The van der Waals surface area contributed by atoms with Crippen molar-refractivity contribution in [2.24, 2.45) is 0 Å². The fraction of sp³-hybridized carbons (Fsp3) is 0.500. The number of nitrogen functional groups attached to an aromatic ring is 1. The molecule has 0 aliphatic carbocycles. The Hall–Kier alpha value is -1.82. The molecule has 2 atom stereocenters. The van der Waals surface area contributed by atoms with Crippen molar-refractivity contribution < 1.29 is 9.90 Å². The summed E-state index contributed by atoms with van der Waals surface area (Å²) in [7, 11) is 0. The number of carboxylic acid groups (broad SMARTS) is 1. The number of amides is 1. The lowest BCUT2D eigenvalue weighted by atomic mass is 10.2. The molecule has 2 bridgehead atoms. The molecule has 3 rings (SSSR count). The summed E-state index contributed by atoms with van der Waals surface area (Å²) in [6.07, 6.45) is 1.95. The summed E-state index contributed by atoms with van der Waals surface area (Å²) < 4.78 is 0. The molecule has 0 aromatic carbocycles. The molecule has 0 spiro atoms. The van der Waals surface area contributed by atoms with E-state index < -0.39 is 6.09 Å². The maximum Gasteiger partial charge on any atom is 0.407 e. The van der Waals surface area contributed by atoms with Crippen LogP contribution in [0.25, 0.3) is 0 Å². The molecular formula is C12H16N4O2. The van der Waals surface area contributed by atoms with Gasteiger partial charge in [0, 0.05) is 37.9 Å². The first-order valence-electron chi connectivity index (χ1n) is 6.07. The second-order valence-electron chi connectivity index (χ2n) is 5.00. The number of likely N-dealkylation sites (tertiary alicyclic amines) is 2. The minimum absolute atomic E-state index is 0.161. The lowest BCUT2D eigenvalue weighted by molar-refractivity contribution is 0.100. The first kappa shape index (κ1) is 11.3. The number of hydrogen-bond donors (Lipinski definition) is 2. The SMILES string of the molecule is Nc1ccc(CN2C[C@@H]3C[C@H]2CN3C(=O)O)cn1. The zero-order chi connectivity index (χ0) is 12.7. The van der Waals surface area contributed by atoms with Crippen molar-refractivity contribution in [2.45, 2.75) is 25.0 Å². The molecule has 96 valence electrons. The molecule has 1 aromatic heterocycles. The largest absolute Gasteiger partial charge is 0.465 e. The van der Waals surface area contributed by atoms with E-state index in [4.69, 9.17) is 10.8 Å². The zero-order valence-corrected chi connectivity index (χ0v) is 9.99. The van der Waals surface area contributed by atoms with Gasteiger partial charge in [0.2, 0.25) is 0 Å². The fourth-order valence-electron chi connectivity index (χ4n) is 2.94. The molecule has 0 saturated carbocycles. The van der Waals surface area contributed by atoms with E-state index in [1.807, 2.05) is 6.07 Å². The maximum atomic E-state index is 11.0. The average Bonchev–Trinajstić information content (AvgIpc) is 2.91. The molecular weight excluding hydrogens is 232 g/mol. The first-order chi connectivity index (χ1) is 8.63. The van der Waals surface area contributed by atoms with Crippen LogP contribution in [0.5, 0.6) is 0 Å². The third-order valence-corrected chi connectivity index (χ3v) is 3.83. The van der Waals surface area contributed by atoms with Crippen molar-refractivity contribution in [2.75, 3.05) is 18.8 Å². The summed E-state index contributed by atoms with van der Waals surface area (Å²) in [4.78, 5) is 18.9. The molecule has 3 heterocycles. The summed E-state index contributed by atoms with van der Waals surface area (Å²) in [6, 6.07) is 4.29. The lowest BCUT2D eigenvalue weighted by Crippen LogP contribution is -2.47. The van der Waals surface area contributed by atoms with Gasteiger partial charge in [0.15, 0.2) is 0 Å². The number of piperazine rings is 1. The lowest BCUT2D eigenvalue weighted by Gasteiger charge is -2.32. The van der Waals surface area contributed by atoms with Gasteiger partial charge < -0.3 is 15.7 Å². The monoisotopic (exact) mass is 248 g/mol. The summed E-state index contributed by atoms with van der Waals surface area (Å²) in [5.74, 6) is 0.527. The van der Waals surface area contributed by atoms with Gasteiger partial charge in [0.05, 0.1) is 0 Å². The van der Waals surface area contributed by atoms with E-state index in [1.54, 1.807) is 17.2 Å². The minimum Gasteiger partial charge on any atom is -0.465 e. The van der Waals surface area contributed by atoms with Crippen molar-refractivity contribution in [3.8, 4) is 0 Å². The predicted molar refractivity (Wildman–Crippen MR) is 66.0 cm³/mol. The highest BCUT2D eigenvalue weighted by Crippen LogP contribution is 2.31. The van der Waals surface area contributed by atoms with Crippen molar-refractivity contribution >= 4 is 11.9 Å². The number of hydrogen-bond acceptors (Lipinski definition) is 4. The highest BCUT2D eigenvalue weighted by atomic mass is 16.4. The van der Waals surface area contributed by atoms with Crippen LogP contribution in [0.4, 0.5) is 10.6 Å². The van der Waals surface area contributed by atoms with E-state index in [9.17, 15) is 4.79 Å². The van der Waals surface area contributed by atoms with Crippen LogP contribution in [0.3, 0.4) is 0 Å². The summed E-state index contributed by atoms with van der Waals surface area (Å²) in [5, 5.41) is 9.03. The molecule has 2 aliphatic heterocycles. The predicted octanol–water partition coefficient (Wildman–Crippen LogP) is 0.600. The first-order valence-corrected chi connectivity index (χ1v) is 6.07. The Kier molecular flexibility index (Phi) is 2.59. The molecule has 6 heteroatoms. The number of carbonyl (C=O) groups is 1. The van der Waals surface area contributed by atoms with Crippen molar-refractivity contribution in [1.82, 2.24) is 14.8 Å². The van der Waals surface area contributed by atoms with Crippen molar-refractivity contribution in [3.05, 3.63) is 23.9 Å². The third kappa shape index (κ3) is 1.88. The summed E-state index contributed by atoms with van der Waals surface area (Å²) in [5.41, 5.74) is 6.67. The van der Waals surface area contributed by atoms with E-state index in [0.29, 0.717) is 18.4 Å². The van der Waals surface area contributed by atoms with E-state index >= 15 is 0 Å². The molecule has 0 radical (unpaired) electrons. The quantitative estimate of drug-likeness (QED) is 0.801. The number of pyridine rings is 1. The van der Waals surface area contributed by atoms with Crippen LogP contribution in [0.1, 0.15) is 12.0 Å². The molecule has 2 aliphatic rings. The topological polar surface area (TPSA) is 82.7 Å². The van der Waals surface area contributed by atoms with Crippen LogP contribution in [-0.4, -0.2) is 51.2 Å².